The number of rotatable bonds is 10. The van der Waals surface area contributed by atoms with Crippen molar-refractivity contribution >= 4 is 17.7 Å². The Bertz CT molecular complexity index is 840. The lowest BCUT2D eigenvalue weighted by atomic mass is 9.99. The van der Waals surface area contributed by atoms with Crippen LogP contribution in [-0.2, 0) is 17.8 Å². The third kappa shape index (κ3) is 7.85. The molecule has 2 atom stereocenters. The maximum Gasteiger partial charge on any atom is 0.404 e. The highest BCUT2D eigenvalue weighted by molar-refractivity contribution is 5.88. The van der Waals surface area contributed by atoms with Gasteiger partial charge in [-0.3, -0.25) is 4.79 Å². The van der Waals surface area contributed by atoms with Crippen molar-refractivity contribution in [2.24, 2.45) is 0 Å². The molecule has 2 aromatic rings. The van der Waals surface area contributed by atoms with Gasteiger partial charge < -0.3 is 26.2 Å². The molecule has 2 rings (SSSR count). The highest BCUT2D eigenvalue weighted by Gasteiger charge is 2.21. The van der Waals surface area contributed by atoms with Crippen LogP contribution >= 0.6 is 0 Å². The standard InChI is InChI=1S/C23H31N3O4/c1-15(2)19-9-18(10-20(12-19)25-16(3)27)13-24-14-22(28)21(26-23(29)30)11-17-7-5-4-6-8-17/h4-10,12,15,21-22,24,26,28H,11,13-14H2,1-3H3,(H,25,27)(H,29,30)/t21?,22-/m1/s1. The van der Waals surface area contributed by atoms with Gasteiger partial charge >= 0.3 is 6.09 Å². The number of carbonyl (C=O) groups excluding carboxylic acids is 1. The quantitative estimate of drug-likeness (QED) is 0.411. The monoisotopic (exact) mass is 413 g/mol. The molecule has 0 aromatic heterocycles. The zero-order chi connectivity index (χ0) is 22.1. The molecule has 0 spiro atoms. The largest absolute Gasteiger partial charge is 0.465 e. The lowest BCUT2D eigenvalue weighted by molar-refractivity contribution is -0.114. The molecule has 7 nitrogen and oxygen atoms in total. The number of aliphatic hydroxyl groups excluding tert-OH is 1. The Kier molecular flexibility index (Phi) is 8.83. The fraction of sp³-hybridized carbons (Fsp3) is 0.391. The summed E-state index contributed by atoms with van der Waals surface area (Å²) in [5, 5.41) is 28.1. The first kappa shape index (κ1) is 23.4. The fourth-order valence-corrected chi connectivity index (χ4v) is 3.25. The first-order valence-corrected chi connectivity index (χ1v) is 10.1. The van der Waals surface area contributed by atoms with Crippen molar-refractivity contribution in [2.45, 2.75) is 51.8 Å². The van der Waals surface area contributed by atoms with Gasteiger partial charge in [0, 0.05) is 25.7 Å². The van der Waals surface area contributed by atoms with E-state index in [9.17, 15) is 14.7 Å². The summed E-state index contributed by atoms with van der Waals surface area (Å²) in [5.74, 6) is 0.173. The summed E-state index contributed by atoms with van der Waals surface area (Å²) in [4.78, 5) is 22.6. The number of aliphatic hydroxyl groups is 1. The summed E-state index contributed by atoms with van der Waals surface area (Å²) in [6, 6.07) is 14.7. The minimum Gasteiger partial charge on any atom is -0.465 e. The SMILES string of the molecule is CC(=O)Nc1cc(CNC[C@@H](O)C(Cc2ccccc2)NC(=O)O)cc(C(C)C)c1. The minimum absolute atomic E-state index is 0.131. The second kappa shape index (κ2) is 11.3. The lowest BCUT2D eigenvalue weighted by Crippen LogP contribution is -2.48. The maximum absolute atomic E-state index is 11.4. The van der Waals surface area contributed by atoms with Crippen LogP contribution in [0.4, 0.5) is 10.5 Å². The molecular weight excluding hydrogens is 382 g/mol. The van der Waals surface area contributed by atoms with Crippen LogP contribution in [0, 0.1) is 0 Å². The number of amides is 2. The van der Waals surface area contributed by atoms with Gasteiger partial charge in [0.15, 0.2) is 0 Å². The molecule has 0 aliphatic rings. The van der Waals surface area contributed by atoms with Crippen molar-refractivity contribution in [3.8, 4) is 0 Å². The van der Waals surface area contributed by atoms with Crippen molar-refractivity contribution in [1.82, 2.24) is 10.6 Å². The van der Waals surface area contributed by atoms with Crippen LogP contribution in [0.3, 0.4) is 0 Å². The molecule has 5 N–H and O–H groups in total. The summed E-state index contributed by atoms with van der Waals surface area (Å²) in [6.45, 7) is 6.34. The van der Waals surface area contributed by atoms with Crippen LogP contribution in [0.2, 0.25) is 0 Å². The molecule has 0 aliphatic carbocycles. The minimum atomic E-state index is -1.17. The Hall–Kier alpha value is -2.90. The Morgan fingerprint density at radius 1 is 1.03 bits per heavy atom. The van der Waals surface area contributed by atoms with Crippen LogP contribution < -0.4 is 16.0 Å². The molecule has 0 fully saturated rings. The molecule has 0 radical (unpaired) electrons. The van der Waals surface area contributed by atoms with Crippen molar-refractivity contribution in [3.05, 3.63) is 65.2 Å². The molecule has 1 unspecified atom stereocenters. The number of carboxylic acid groups (broad SMARTS) is 1. The third-order valence-electron chi connectivity index (χ3n) is 4.76. The van der Waals surface area contributed by atoms with Crippen LogP contribution in [0.15, 0.2) is 48.5 Å². The van der Waals surface area contributed by atoms with Gasteiger partial charge in [-0.25, -0.2) is 4.79 Å². The Balaban J connectivity index is 2.01. The van der Waals surface area contributed by atoms with E-state index in [1.165, 1.54) is 6.92 Å². The highest BCUT2D eigenvalue weighted by atomic mass is 16.4. The number of benzene rings is 2. The lowest BCUT2D eigenvalue weighted by Gasteiger charge is -2.23. The van der Waals surface area contributed by atoms with Crippen LogP contribution in [0.25, 0.3) is 0 Å². The van der Waals surface area contributed by atoms with Crippen molar-refractivity contribution in [1.29, 1.82) is 0 Å². The predicted molar refractivity (Wildman–Crippen MR) is 118 cm³/mol. The summed E-state index contributed by atoms with van der Waals surface area (Å²) in [6.07, 6.45) is -1.67. The number of hydrogen-bond donors (Lipinski definition) is 5. The van der Waals surface area contributed by atoms with E-state index >= 15 is 0 Å². The molecule has 2 amide bonds. The summed E-state index contributed by atoms with van der Waals surface area (Å²) < 4.78 is 0. The normalized spacial score (nSPS) is 13.0. The van der Waals surface area contributed by atoms with Crippen LogP contribution in [0.5, 0.6) is 0 Å². The molecular formula is C23H31N3O4. The smallest absolute Gasteiger partial charge is 0.404 e. The second-order valence-corrected chi connectivity index (χ2v) is 7.74. The van der Waals surface area contributed by atoms with E-state index in [0.29, 0.717) is 18.9 Å². The van der Waals surface area contributed by atoms with Crippen LogP contribution in [-0.4, -0.2) is 40.9 Å². The van der Waals surface area contributed by atoms with Gasteiger partial charge in [-0.1, -0.05) is 50.2 Å². The average Bonchev–Trinajstić information content (AvgIpc) is 2.67. The molecule has 0 saturated carbocycles. The second-order valence-electron chi connectivity index (χ2n) is 7.74. The first-order chi connectivity index (χ1) is 14.2. The van der Waals surface area contributed by atoms with E-state index in [4.69, 9.17) is 5.11 Å². The van der Waals surface area contributed by atoms with Crippen molar-refractivity contribution in [3.63, 3.8) is 0 Å². The van der Waals surface area contributed by atoms with Crippen molar-refractivity contribution in [2.75, 3.05) is 11.9 Å². The fourth-order valence-electron chi connectivity index (χ4n) is 3.25. The molecule has 0 bridgehead atoms. The number of anilines is 1. The van der Waals surface area contributed by atoms with Gasteiger partial charge in [0.1, 0.15) is 0 Å². The van der Waals surface area contributed by atoms with E-state index in [-0.39, 0.29) is 12.5 Å². The van der Waals surface area contributed by atoms with Crippen LogP contribution in [0.1, 0.15) is 43.4 Å². The van der Waals surface area contributed by atoms with Gasteiger partial charge in [0.05, 0.1) is 12.1 Å². The van der Waals surface area contributed by atoms with Gasteiger partial charge in [0.25, 0.3) is 0 Å². The van der Waals surface area contributed by atoms with Crippen molar-refractivity contribution < 1.29 is 19.8 Å². The van der Waals surface area contributed by atoms with E-state index in [0.717, 1.165) is 22.4 Å². The summed E-state index contributed by atoms with van der Waals surface area (Å²) >= 11 is 0. The summed E-state index contributed by atoms with van der Waals surface area (Å²) in [5.41, 5.74) is 3.76. The number of hydrogen-bond acceptors (Lipinski definition) is 4. The van der Waals surface area contributed by atoms with E-state index in [1.807, 2.05) is 42.5 Å². The zero-order valence-electron chi connectivity index (χ0n) is 17.7. The molecule has 0 saturated heterocycles. The molecule has 2 aromatic carbocycles. The third-order valence-corrected chi connectivity index (χ3v) is 4.76. The Labute approximate surface area is 177 Å². The molecule has 0 heterocycles. The molecule has 30 heavy (non-hydrogen) atoms. The Morgan fingerprint density at radius 2 is 1.73 bits per heavy atom. The first-order valence-electron chi connectivity index (χ1n) is 10.1. The molecule has 7 heteroatoms. The molecule has 0 aliphatic heterocycles. The maximum atomic E-state index is 11.4. The zero-order valence-corrected chi connectivity index (χ0v) is 17.7. The van der Waals surface area contributed by atoms with E-state index < -0.39 is 18.2 Å². The predicted octanol–water partition coefficient (Wildman–Crippen LogP) is 3.10. The van der Waals surface area contributed by atoms with Gasteiger partial charge in [-0.2, -0.15) is 0 Å². The van der Waals surface area contributed by atoms with E-state index in [1.54, 1.807) is 0 Å². The summed E-state index contributed by atoms with van der Waals surface area (Å²) in [7, 11) is 0. The number of carbonyl (C=O) groups is 2. The van der Waals surface area contributed by atoms with E-state index in [2.05, 4.69) is 35.9 Å². The van der Waals surface area contributed by atoms with Gasteiger partial charge in [-0.05, 0) is 41.2 Å². The highest BCUT2D eigenvalue weighted by Crippen LogP contribution is 2.21. The Morgan fingerprint density at radius 3 is 2.33 bits per heavy atom. The number of nitrogens with one attached hydrogen (secondary N) is 3. The average molecular weight is 414 g/mol. The van der Waals surface area contributed by atoms with Gasteiger partial charge in [0.2, 0.25) is 5.91 Å². The molecule has 162 valence electrons. The van der Waals surface area contributed by atoms with Gasteiger partial charge in [-0.15, -0.1) is 0 Å². The topological polar surface area (TPSA) is 111 Å².